The Labute approximate surface area is 175 Å². The Kier molecular flexibility index (Phi) is 5.93. The van der Waals surface area contributed by atoms with Crippen LogP contribution in [0.15, 0.2) is 35.6 Å². The Morgan fingerprint density at radius 1 is 1.37 bits per heavy atom. The number of rotatable bonds is 4. The minimum absolute atomic E-state index is 0.124. The number of nitrogens with zero attached hydrogens (tertiary/aromatic N) is 5. The molecule has 3 heterocycles. The van der Waals surface area contributed by atoms with E-state index in [0.29, 0.717) is 35.8 Å². The second kappa shape index (κ2) is 8.27. The van der Waals surface area contributed by atoms with Gasteiger partial charge < -0.3 is 19.6 Å². The summed E-state index contributed by atoms with van der Waals surface area (Å²) in [7, 11) is 3.27. The van der Waals surface area contributed by atoms with Crippen LogP contribution in [0.1, 0.15) is 35.9 Å². The van der Waals surface area contributed by atoms with Crippen LogP contribution in [0.4, 0.5) is 11.5 Å². The SMILES string of the molecule is C/N=c1/cc(N2CCOc3cc(C(=O)N(C)CC(C)(C)O)cnc32)ccn1C(C)=O. The molecule has 0 radical (unpaired) electrons. The van der Waals surface area contributed by atoms with E-state index in [4.69, 9.17) is 4.74 Å². The van der Waals surface area contributed by atoms with E-state index in [1.807, 2.05) is 17.0 Å². The number of hydrogen-bond donors (Lipinski definition) is 1. The molecule has 0 aromatic carbocycles. The Hall–Kier alpha value is -3.20. The van der Waals surface area contributed by atoms with Gasteiger partial charge >= 0.3 is 0 Å². The number of carbonyl (C=O) groups is 2. The molecule has 1 N–H and O–H groups in total. The standard InChI is InChI=1S/C21H27N5O4/c1-14(27)25-7-6-16(11-18(25)22-4)26-8-9-30-17-10-15(12-23-19(17)26)20(28)24(5)13-21(2,3)29/h6-7,10-12,29H,8-9,13H2,1-5H3/b22-18-. The van der Waals surface area contributed by atoms with Crippen LogP contribution in [0.2, 0.25) is 0 Å². The number of anilines is 2. The fraction of sp³-hybridized carbons (Fsp3) is 0.429. The predicted octanol–water partition coefficient (Wildman–Crippen LogP) is 1.45. The van der Waals surface area contributed by atoms with Gasteiger partial charge in [-0.05, 0) is 26.0 Å². The first kappa shape index (κ1) is 21.5. The second-order valence-electron chi connectivity index (χ2n) is 7.88. The average Bonchev–Trinajstić information content (AvgIpc) is 2.70. The Morgan fingerprint density at radius 2 is 2.10 bits per heavy atom. The molecule has 9 nitrogen and oxygen atoms in total. The lowest BCUT2D eigenvalue weighted by Gasteiger charge is -2.31. The molecule has 0 fully saturated rings. The van der Waals surface area contributed by atoms with Crippen LogP contribution in [0, 0.1) is 0 Å². The molecule has 160 valence electrons. The Morgan fingerprint density at radius 3 is 2.73 bits per heavy atom. The van der Waals surface area contributed by atoms with Gasteiger partial charge in [-0.25, -0.2) is 4.98 Å². The fourth-order valence-electron chi connectivity index (χ4n) is 3.42. The minimum Gasteiger partial charge on any atom is -0.488 e. The number of carbonyl (C=O) groups excluding carboxylic acids is 2. The van der Waals surface area contributed by atoms with Crippen molar-refractivity contribution < 1.29 is 19.4 Å². The number of amides is 1. The molecule has 0 saturated carbocycles. The molecular formula is C21H27N5O4. The van der Waals surface area contributed by atoms with E-state index in [-0.39, 0.29) is 18.4 Å². The number of pyridine rings is 2. The molecule has 1 aliphatic rings. The van der Waals surface area contributed by atoms with Gasteiger partial charge in [-0.1, -0.05) is 0 Å². The van der Waals surface area contributed by atoms with Gasteiger partial charge in [0.2, 0.25) is 5.91 Å². The summed E-state index contributed by atoms with van der Waals surface area (Å²) in [5.74, 6) is 0.719. The number of likely N-dealkylation sites (N-methyl/N-ethyl adjacent to an activating group) is 1. The van der Waals surface area contributed by atoms with Crippen molar-refractivity contribution in [2.75, 3.05) is 38.7 Å². The summed E-state index contributed by atoms with van der Waals surface area (Å²) in [6, 6.07) is 5.30. The van der Waals surface area contributed by atoms with Gasteiger partial charge in [0.1, 0.15) is 12.1 Å². The van der Waals surface area contributed by atoms with Crippen LogP contribution in [0.5, 0.6) is 5.75 Å². The first-order chi connectivity index (χ1) is 14.1. The van der Waals surface area contributed by atoms with Crippen LogP contribution in [0.3, 0.4) is 0 Å². The summed E-state index contributed by atoms with van der Waals surface area (Å²) in [5.41, 5.74) is 0.747. The lowest BCUT2D eigenvalue weighted by Crippen LogP contribution is -2.39. The fourth-order valence-corrected chi connectivity index (χ4v) is 3.42. The van der Waals surface area contributed by atoms with Crippen LogP contribution in [-0.4, -0.2) is 70.8 Å². The maximum Gasteiger partial charge on any atom is 0.255 e. The summed E-state index contributed by atoms with van der Waals surface area (Å²) in [6.07, 6.45) is 3.19. The highest BCUT2D eigenvalue weighted by atomic mass is 16.5. The summed E-state index contributed by atoms with van der Waals surface area (Å²) in [6.45, 7) is 5.96. The number of aromatic nitrogens is 2. The number of hydrogen-bond acceptors (Lipinski definition) is 7. The van der Waals surface area contributed by atoms with Crippen molar-refractivity contribution in [2.45, 2.75) is 26.4 Å². The van der Waals surface area contributed by atoms with Gasteiger partial charge in [0.25, 0.3) is 5.91 Å². The molecule has 1 aliphatic heterocycles. The van der Waals surface area contributed by atoms with Crippen LogP contribution < -0.4 is 15.1 Å². The van der Waals surface area contributed by atoms with E-state index in [1.165, 1.54) is 22.6 Å². The first-order valence-corrected chi connectivity index (χ1v) is 9.65. The molecule has 2 aromatic rings. The Bertz CT molecular complexity index is 1040. The molecule has 0 saturated heterocycles. The van der Waals surface area contributed by atoms with E-state index in [1.54, 1.807) is 40.2 Å². The van der Waals surface area contributed by atoms with E-state index < -0.39 is 5.60 Å². The number of aliphatic hydroxyl groups is 1. The van der Waals surface area contributed by atoms with Crippen molar-refractivity contribution in [1.29, 1.82) is 0 Å². The summed E-state index contributed by atoms with van der Waals surface area (Å²) in [4.78, 5) is 36.5. The zero-order chi connectivity index (χ0) is 22.1. The topological polar surface area (TPSA) is 100 Å². The predicted molar refractivity (Wildman–Crippen MR) is 112 cm³/mol. The molecule has 9 heteroatoms. The Balaban J connectivity index is 1.93. The van der Waals surface area contributed by atoms with E-state index >= 15 is 0 Å². The van der Waals surface area contributed by atoms with Gasteiger partial charge in [0.15, 0.2) is 11.6 Å². The van der Waals surface area contributed by atoms with E-state index in [0.717, 1.165) is 5.69 Å². The van der Waals surface area contributed by atoms with Crippen molar-refractivity contribution in [1.82, 2.24) is 14.5 Å². The van der Waals surface area contributed by atoms with Crippen molar-refractivity contribution >= 4 is 23.3 Å². The zero-order valence-electron chi connectivity index (χ0n) is 17.9. The zero-order valence-corrected chi connectivity index (χ0v) is 17.9. The average molecular weight is 413 g/mol. The molecule has 0 aliphatic carbocycles. The molecule has 0 atom stereocenters. The summed E-state index contributed by atoms with van der Waals surface area (Å²) >= 11 is 0. The van der Waals surface area contributed by atoms with Crippen LogP contribution >= 0.6 is 0 Å². The summed E-state index contributed by atoms with van der Waals surface area (Å²) < 4.78 is 7.23. The quantitative estimate of drug-likeness (QED) is 0.814. The third-order valence-corrected chi connectivity index (χ3v) is 4.68. The molecular weight excluding hydrogens is 386 g/mol. The normalized spacial score (nSPS) is 14.2. The monoisotopic (exact) mass is 413 g/mol. The highest BCUT2D eigenvalue weighted by molar-refractivity contribution is 5.94. The van der Waals surface area contributed by atoms with Gasteiger partial charge in [0, 0.05) is 51.7 Å². The van der Waals surface area contributed by atoms with Gasteiger partial charge in [-0.15, -0.1) is 0 Å². The highest BCUT2D eigenvalue weighted by Crippen LogP contribution is 2.34. The van der Waals surface area contributed by atoms with Crippen molar-refractivity contribution in [3.8, 4) is 5.75 Å². The smallest absolute Gasteiger partial charge is 0.255 e. The van der Waals surface area contributed by atoms with Gasteiger partial charge in [-0.3, -0.25) is 19.1 Å². The molecule has 2 aromatic heterocycles. The molecule has 0 bridgehead atoms. The summed E-state index contributed by atoms with van der Waals surface area (Å²) in [5, 5.41) is 9.96. The van der Waals surface area contributed by atoms with Crippen LogP contribution in [-0.2, 0) is 0 Å². The maximum absolute atomic E-state index is 12.7. The molecule has 0 spiro atoms. The van der Waals surface area contributed by atoms with E-state index in [9.17, 15) is 14.7 Å². The van der Waals surface area contributed by atoms with E-state index in [2.05, 4.69) is 9.98 Å². The maximum atomic E-state index is 12.7. The lowest BCUT2D eigenvalue weighted by molar-refractivity contribution is 0.0367. The third kappa shape index (κ3) is 4.51. The lowest BCUT2D eigenvalue weighted by atomic mass is 10.1. The van der Waals surface area contributed by atoms with Crippen molar-refractivity contribution in [3.05, 3.63) is 41.6 Å². The molecule has 1 amide bonds. The molecule has 0 unspecified atom stereocenters. The third-order valence-electron chi connectivity index (χ3n) is 4.68. The van der Waals surface area contributed by atoms with Gasteiger partial charge in [-0.2, -0.15) is 0 Å². The molecule has 3 rings (SSSR count). The van der Waals surface area contributed by atoms with Crippen molar-refractivity contribution in [3.63, 3.8) is 0 Å². The number of ether oxygens (including phenoxy) is 1. The number of fused-ring (bicyclic) bond motifs is 1. The molecule has 30 heavy (non-hydrogen) atoms. The van der Waals surface area contributed by atoms with Crippen LogP contribution in [0.25, 0.3) is 0 Å². The minimum atomic E-state index is -0.995. The second-order valence-corrected chi connectivity index (χ2v) is 7.88. The largest absolute Gasteiger partial charge is 0.488 e. The van der Waals surface area contributed by atoms with Gasteiger partial charge in [0.05, 0.1) is 17.7 Å². The highest BCUT2D eigenvalue weighted by Gasteiger charge is 2.25. The first-order valence-electron chi connectivity index (χ1n) is 9.65. The van der Waals surface area contributed by atoms with Crippen molar-refractivity contribution in [2.24, 2.45) is 4.99 Å².